The molecule has 3 N–H and O–H groups in total. The van der Waals surface area contributed by atoms with Crippen molar-refractivity contribution in [3.63, 3.8) is 0 Å². The molecule has 2 nitrogen and oxygen atoms in total. The second-order valence-electron chi connectivity index (χ2n) is 4.75. The van der Waals surface area contributed by atoms with Gasteiger partial charge in [-0.25, -0.2) is 0 Å². The van der Waals surface area contributed by atoms with Gasteiger partial charge in [0, 0.05) is 6.54 Å². The smallest absolute Gasteiger partial charge is 0.0574 e. The quantitative estimate of drug-likeness (QED) is 0.719. The molecule has 1 fully saturated rings. The highest BCUT2D eigenvalue weighted by Gasteiger charge is 2.36. The van der Waals surface area contributed by atoms with E-state index in [0.29, 0.717) is 5.41 Å². The van der Waals surface area contributed by atoms with E-state index >= 15 is 0 Å². The first kappa shape index (κ1) is 9.38. The molecule has 1 aromatic rings. The summed E-state index contributed by atoms with van der Waals surface area (Å²) in [6.45, 7) is 5.41. The Morgan fingerprint density at radius 2 is 2.14 bits per heavy atom. The Morgan fingerprint density at radius 3 is 2.71 bits per heavy atom. The van der Waals surface area contributed by atoms with Crippen LogP contribution in [0, 0.1) is 12.3 Å². The van der Waals surface area contributed by atoms with Crippen molar-refractivity contribution in [2.45, 2.75) is 26.7 Å². The van der Waals surface area contributed by atoms with Crippen LogP contribution < -0.4 is 11.1 Å². The number of rotatable bonds is 3. The first-order chi connectivity index (χ1) is 6.59. The zero-order valence-electron chi connectivity index (χ0n) is 8.93. The van der Waals surface area contributed by atoms with Gasteiger partial charge in [-0.05, 0) is 42.9 Å². The number of nitrogens with one attached hydrogen (secondary N) is 1. The molecule has 1 aromatic carbocycles. The molecule has 0 radical (unpaired) electrons. The van der Waals surface area contributed by atoms with Crippen molar-refractivity contribution in [3.8, 4) is 0 Å². The zero-order chi connectivity index (χ0) is 10.2. The Morgan fingerprint density at radius 1 is 1.43 bits per heavy atom. The molecule has 0 saturated heterocycles. The third-order valence-corrected chi connectivity index (χ3v) is 3.02. The van der Waals surface area contributed by atoms with Crippen molar-refractivity contribution in [1.29, 1.82) is 0 Å². The van der Waals surface area contributed by atoms with Gasteiger partial charge >= 0.3 is 0 Å². The van der Waals surface area contributed by atoms with E-state index < -0.39 is 0 Å². The van der Waals surface area contributed by atoms with Crippen LogP contribution in [0.3, 0.4) is 0 Å². The van der Waals surface area contributed by atoms with Crippen molar-refractivity contribution >= 4 is 11.4 Å². The summed E-state index contributed by atoms with van der Waals surface area (Å²) in [6, 6.07) is 6.17. The summed E-state index contributed by atoms with van der Waals surface area (Å²) in [6.07, 6.45) is 2.68. The number of anilines is 2. The third-order valence-electron chi connectivity index (χ3n) is 3.02. The Kier molecular flexibility index (Phi) is 2.14. The molecule has 2 rings (SSSR count). The largest absolute Gasteiger partial charge is 0.397 e. The van der Waals surface area contributed by atoms with E-state index in [0.717, 1.165) is 17.9 Å². The Hall–Kier alpha value is -1.18. The van der Waals surface area contributed by atoms with Gasteiger partial charge in [-0.15, -0.1) is 0 Å². The van der Waals surface area contributed by atoms with Gasteiger partial charge in [-0.3, -0.25) is 0 Å². The van der Waals surface area contributed by atoms with Gasteiger partial charge in [-0.2, -0.15) is 0 Å². The van der Waals surface area contributed by atoms with Crippen molar-refractivity contribution in [2.24, 2.45) is 5.41 Å². The Labute approximate surface area is 85.5 Å². The summed E-state index contributed by atoms with van der Waals surface area (Å²) >= 11 is 0. The van der Waals surface area contributed by atoms with Gasteiger partial charge in [0.2, 0.25) is 0 Å². The highest BCUT2D eigenvalue weighted by molar-refractivity contribution is 5.66. The predicted molar refractivity (Wildman–Crippen MR) is 61.4 cm³/mol. The molecule has 1 saturated carbocycles. The number of benzene rings is 1. The second-order valence-corrected chi connectivity index (χ2v) is 4.75. The van der Waals surface area contributed by atoms with Crippen LogP contribution in [0.5, 0.6) is 0 Å². The molecular formula is C12H18N2. The van der Waals surface area contributed by atoms with Crippen LogP contribution in [0.15, 0.2) is 18.2 Å². The number of nitrogens with two attached hydrogens (primary N) is 1. The van der Waals surface area contributed by atoms with Crippen LogP contribution in [-0.2, 0) is 0 Å². The molecule has 0 atom stereocenters. The highest BCUT2D eigenvalue weighted by Crippen LogP contribution is 2.44. The number of hydrogen-bond donors (Lipinski definition) is 2. The van der Waals surface area contributed by atoms with E-state index in [1.165, 1.54) is 18.4 Å². The Balaban J connectivity index is 2.02. The summed E-state index contributed by atoms with van der Waals surface area (Å²) in [7, 11) is 0. The fourth-order valence-electron chi connectivity index (χ4n) is 1.54. The maximum Gasteiger partial charge on any atom is 0.0574 e. The van der Waals surface area contributed by atoms with Gasteiger partial charge in [-0.1, -0.05) is 13.0 Å². The fourth-order valence-corrected chi connectivity index (χ4v) is 1.54. The van der Waals surface area contributed by atoms with Crippen LogP contribution >= 0.6 is 0 Å². The summed E-state index contributed by atoms with van der Waals surface area (Å²) in [4.78, 5) is 0. The molecule has 0 unspecified atom stereocenters. The lowest BCUT2D eigenvalue weighted by molar-refractivity contribution is 0.611. The van der Waals surface area contributed by atoms with Crippen molar-refractivity contribution in [1.82, 2.24) is 0 Å². The van der Waals surface area contributed by atoms with Crippen LogP contribution in [0.1, 0.15) is 25.3 Å². The second kappa shape index (κ2) is 3.19. The molecule has 76 valence electrons. The molecule has 14 heavy (non-hydrogen) atoms. The summed E-state index contributed by atoms with van der Waals surface area (Å²) in [5.74, 6) is 0. The number of nitrogen functional groups attached to an aromatic ring is 1. The monoisotopic (exact) mass is 190 g/mol. The number of aryl methyl sites for hydroxylation is 1. The maximum atomic E-state index is 5.91. The molecule has 2 heteroatoms. The van der Waals surface area contributed by atoms with E-state index in [-0.39, 0.29) is 0 Å². The SMILES string of the molecule is Cc1ccc(NCC2(C)CC2)c(N)c1. The molecule has 0 bridgehead atoms. The molecule has 1 aliphatic rings. The topological polar surface area (TPSA) is 38.0 Å². The molecule has 0 aliphatic heterocycles. The van der Waals surface area contributed by atoms with E-state index in [1.54, 1.807) is 0 Å². The number of hydrogen-bond acceptors (Lipinski definition) is 2. The van der Waals surface area contributed by atoms with E-state index in [4.69, 9.17) is 5.73 Å². The molecular weight excluding hydrogens is 172 g/mol. The van der Waals surface area contributed by atoms with Crippen LogP contribution in [0.25, 0.3) is 0 Å². The minimum Gasteiger partial charge on any atom is -0.397 e. The molecule has 0 amide bonds. The molecule has 0 heterocycles. The lowest BCUT2D eigenvalue weighted by Crippen LogP contribution is -2.12. The fraction of sp³-hybridized carbons (Fsp3) is 0.500. The molecule has 0 spiro atoms. The van der Waals surface area contributed by atoms with Crippen LogP contribution in [-0.4, -0.2) is 6.54 Å². The average molecular weight is 190 g/mol. The molecule has 1 aliphatic carbocycles. The van der Waals surface area contributed by atoms with Gasteiger partial charge in [0.05, 0.1) is 11.4 Å². The van der Waals surface area contributed by atoms with Gasteiger partial charge < -0.3 is 11.1 Å². The summed E-state index contributed by atoms with van der Waals surface area (Å²) in [5, 5.41) is 3.42. The van der Waals surface area contributed by atoms with E-state index in [9.17, 15) is 0 Å². The lowest BCUT2D eigenvalue weighted by atomic mass is 10.1. The first-order valence-electron chi connectivity index (χ1n) is 5.19. The van der Waals surface area contributed by atoms with Crippen LogP contribution in [0.2, 0.25) is 0 Å². The van der Waals surface area contributed by atoms with E-state index in [2.05, 4.69) is 31.3 Å². The summed E-state index contributed by atoms with van der Waals surface area (Å²) < 4.78 is 0. The minimum atomic E-state index is 0.525. The highest BCUT2D eigenvalue weighted by atomic mass is 14.9. The zero-order valence-corrected chi connectivity index (χ0v) is 8.93. The van der Waals surface area contributed by atoms with Crippen molar-refractivity contribution in [2.75, 3.05) is 17.6 Å². The van der Waals surface area contributed by atoms with Crippen LogP contribution in [0.4, 0.5) is 11.4 Å². The normalized spacial score (nSPS) is 17.9. The standard InChI is InChI=1S/C12H18N2/c1-9-3-4-11(10(13)7-9)14-8-12(2)5-6-12/h3-4,7,14H,5-6,8,13H2,1-2H3. The van der Waals surface area contributed by atoms with E-state index in [1.807, 2.05) is 6.07 Å². The predicted octanol–water partition coefficient (Wildman–Crippen LogP) is 2.79. The summed E-state index contributed by atoms with van der Waals surface area (Å²) in [5.41, 5.74) is 9.58. The van der Waals surface area contributed by atoms with Crippen molar-refractivity contribution in [3.05, 3.63) is 23.8 Å². The maximum absolute atomic E-state index is 5.91. The Bertz CT molecular complexity index is 340. The molecule has 0 aromatic heterocycles. The minimum absolute atomic E-state index is 0.525. The lowest BCUT2D eigenvalue weighted by Gasteiger charge is -2.13. The van der Waals surface area contributed by atoms with Crippen molar-refractivity contribution < 1.29 is 0 Å². The first-order valence-corrected chi connectivity index (χ1v) is 5.19. The van der Waals surface area contributed by atoms with Gasteiger partial charge in [0.15, 0.2) is 0 Å². The third kappa shape index (κ3) is 2.00. The van der Waals surface area contributed by atoms with Gasteiger partial charge in [0.1, 0.15) is 0 Å². The van der Waals surface area contributed by atoms with Gasteiger partial charge in [0.25, 0.3) is 0 Å². The average Bonchev–Trinajstić information content (AvgIpc) is 2.83.